The normalized spacial score (nSPS) is 15.9. The maximum absolute atomic E-state index is 11.7. The Morgan fingerprint density at radius 2 is 2.28 bits per heavy atom. The SMILES string of the molecule is CC(N)c1ccc2c(c1)N(CC(N)=O)C(=O)CO2. The number of carbonyl (C=O) groups excluding carboxylic acids is 2. The first-order chi connectivity index (χ1) is 8.49. The van der Waals surface area contributed by atoms with Crippen molar-refractivity contribution in [2.45, 2.75) is 13.0 Å². The Morgan fingerprint density at radius 1 is 1.56 bits per heavy atom. The largest absolute Gasteiger partial charge is 0.482 e. The van der Waals surface area contributed by atoms with E-state index in [-0.39, 0.29) is 25.1 Å². The van der Waals surface area contributed by atoms with E-state index in [2.05, 4.69) is 0 Å². The highest BCUT2D eigenvalue weighted by Crippen LogP contribution is 2.33. The fourth-order valence-electron chi connectivity index (χ4n) is 1.83. The first kappa shape index (κ1) is 12.4. The van der Waals surface area contributed by atoms with Crippen LogP contribution in [0.2, 0.25) is 0 Å². The van der Waals surface area contributed by atoms with Gasteiger partial charge < -0.3 is 16.2 Å². The number of ether oxygens (including phenoxy) is 1. The third-order valence-electron chi connectivity index (χ3n) is 2.77. The average Bonchev–Trinajstić information content (AvgIpc) is 2.31. The van der Waals surface area contributed by atoms with Gasteiger partial charge in [0, 0.05) is 6.04 Å². The quantitative estimate of drug-likeness (QED) is 0.782. The average molecular weight is 249 g/mol. The zero-order valence-electron chi connectivity index (χ0n) is 10.1. The summed E-state index contributed by atoms with van der Waals surface area (Å²) in [5.41, 5.74) is 12.3. The van der Waals surface area contributed by atoms with Crippen LogP contribution in [-0.4, -0.2) is 25.0 Å². The topological polar surface area (TPSA) is 98.6 Å². The lowest BCUT2D eigenvalue weighted by Gasteiger charge is -2.29. The molecular formula is C12H15N3O3. The van der Waals surface area contributed by atoms with E-state index in [4.69, 9.17) is 16.2 Å². The Hall–Kier alpha value is -2.08. The van der Waals surface area contributed by atoms with Gasteiger partial charge in [-0.15, -0.1) is 0 Å². The molecule has 1 aliphatic heterocycles. The zero-order chi connectivity index (χ0) is 13.3. The molecule has 0 saturated carbocycles. The highest BCUT2D eigenvalue weighted by Gasteiger charge is 2.27. The van der Waals surface area contributed by atoms with Crippen molar-refractivity contribution in [3.05, 3.63) is 23.8 Å². The Morgan fingerprint density at radius 3 is 2.89 bits per heavy atom. The molecule has 6 nitrogen and oxygen atoms in total. The smallest absolute Gasteiger partial charge is 0.265 e. The second-order valence-electron chi connectivity index (χ2n) is 4.25. The molecule has 1 unspecified atom stereocenters. The van der Waals surface area contributed by atoms with Crippen LogP contribution < -0.4 is 21.1 Å². The van der Waals surface area contributed by atoms with E-state index >= 15 is 0 Å². The molecule has 1 aliphatic rings. The van der Waals surface area contributed by atoms with Crippen molar-refractivity contribution < 1.29 is 14.3 Å². The molecule has 0 radical (unpaired) electrons. The van der Waals surface area contributed by atoms with Crippen molar-refractivity contribution in [1.29, 1.82) is 0 Å². The number of hydrogen-bond donors (Lipinski definition) is 2. The molecule has 0 bridgehead atoms. The molecule has 1 aromatic carbocycles. The van der Waals surface area contributed by atoms with Gasteiger partial charge >= 0.3 is 0 Å². The van der Waals surface area contributed by atoms with E-state index in [1.54, 1.807) is 12.1 Å². The van der Waals surface area contributed by atoms with Crippen LogP contribution in [0, 0.1) is 0 Å². The van der Waals surface area contributed by atoms with Crippen LogP contribution in [0.3, 0.4) is 0 Å². The Labute approximate surface area is 104 Å². The third kappa shape index (κ3) is 2.28. The lowest BCUT2D eigenvalue weighted by Crippen LogP contribution is -2.43. The molecular weight excluding hydrogens is 234 g/mol. The Kier molecular flexibility index (Phi) is 3.20. The van der Waals surface area contributed by atoms with E-state index in [1.165, 1.54) is 4.90 Å². The van der Waals surface area contributed by atoms with Crippen molar-refractivity contribution in [3.63, 3.8) is 0 Å². The van der Waals surface area contributed by atoms with Crippen LogP contribution in [-0.2, 0) is 9.59 Å². The van der Waals surface area contributed by atoms with Gasteiger partial charge in [-0.05, 0) is 24.6 Å². The van der Waals surface area contributed by atoms with Crippen LogP contribution in [0.25, 0.3) is 0 Å². The summed E-state index contributed by atoms with van der Waals surface area (Å²) in [6, 6.07) is 5.17. The van der Waals surface area contributed by atoms with Gasteiger partial charge in [-0.3, -0.25) is 14.5 Å². The first-order valence-corrected chi connectivity index (χ1v) is 5.60. The Bertz CT molecular complexity index is 499. The molecule has 0 spiro atoms. The first-order valence-electron chi connectivity index (χ1n) is 5.60. The predicted molar refractivity (Wildman–Crippen MR) is 66.1 cm³/mol. The van der Waals surface area contributed by atoms with Gasteiger partial charge in [0.2, 0.25) is 5.91 Å². The molecule has 18 heavy (non-hydrogen) atoms. The highest BCUT2D eigenvalue weighted by molar-refractivity contribution is 6.01. The van der Waals surface area contributed by atoms with Gasteiger partial charge in [0.1, 0.15) is 12.3 Å². The zero-order valence-corrected chi connectivity index (χ0v) is 10.1. The number of amides is 2. The maximum Gasteiger partial charge on any atom is 0.265 e. The minimum atomic E-state index is -0.567. The minimum absolute atomic E-state index is 0.0855. The van der Waals surface area contributed by atoms with Gasteiger partial charge in [-0.1, -0.05) is 6.07 Å². The highest BCUT2D eigenvalue weighted by atomic mass is 16.5. The monoisotopic (exact) mass is 249 g/mol. The standard InChI is InChI=1S/C12H15N3O3/c1-7(13)8-2-3-10-9(4-8)15(5-11(14)16)12(17)6-18-10/h2-4,7H,5-6,13H2,1H3,(H2,14,16). The second kappa shape index (κ2) is 4.66. The molecule has 1 aromatic rings. The van der Waals surface area contributed by atoms with E-state index in [0.29, 0.717) is 11.4 Å². The number of benzene rings is 1. The summed E-state index contributed by atoms with van der Waals surface area (Å²) in [6.45, 7) is 1.60. The van der Waals surface area contributed by atoms with E-state index in [9.17, 15) is 9.59 Å². The number of anilines is 1. The van der Waals surface area contributed by atoms with Crippen LogP contribution >= 0.6 is 0 Å². The van der Waals surface area contributed by atoms with Gasteiger partial charge in [-0.2, -0.15) is 0 Å². The van der Waals surface area contributed by atoms with Crippen molar-refractivity contribution in [3.8, 4) is 5.75 Å². The van der Waals surface area contributed by atoms with Gasteiger partial charge in [0.05, 0.1) is 5.69 Å². The van der Waals surface area contributed by atoms with Gasteiger partial charge in [0.15, 0.2) is 6.61 Å². The summed E-state index contributed by atoms with van der Waals surface area (Å²) in [4.78, 5) is 24.1. The minimum Gasteiger partial charge on any atom is -0.482 e. The van der Waals surface area contributed by atoms with Crippen molar-refractivity contribution in [2.24, 2.45) is 11.5 Å². The summed E-state index contributed by atoms with van der Waals surface area (Å²) in [6.07, 6.45) is 0. The number of nitrogens with zero attached hydrogens (tertiary/aromatic N) is 1. The van der Waals surface area contributed by atoms with E-state index in [1.807, 2.05) is 13.0 Å². The van der Waals surface area contributed by atoms with Crippen LogP contribution in [0.15, 0.2) is 18.2 Å². The predicted octanol–water partition coefficient (Wildman–Crippen LogP) is -0.0830. The van der Waals surface area contributed by atoms with Gasteiger partial charge in [-0.25, -0.2) is 0 Å². The molecule has 2 amide bonds. The number of carbonyl (C=O) groups is 2. The van der Waals surface area contributed by atoms with E-state index < -0.39 is 5.91 Å². The number of primary amides is 1. The molecule has 2 rings (SSSR count). The van der Waals surface area contributed by atoms with Crippen molar-refractivity contribution >= 4 is 17.5 Å². The third-order valence-corrected chi connectivity index (χ3v) is 2.77. The Balaban J connectivity index is 2.43. The summed E-state index contributed by atoms with van der Waals surface area (Å²) in [5.74, 6) is -0.300. The lowest BCUT2D eigenvalue weighted by molar-refractivity contribution is -0.124. The number of hydrogen-bond acceptors (Lipinski definition) is 4. The van der Waals surface area contributed by atoms with Gasteiger partial charge in [0.25, 0.3) is 5.91 Å². The maximum atomic E-state index is 11.7. The second-order valence-corrected chi connectivity index (χ2v) is 4.25. The number of rotatable bonds is 3. The fourth-order valence-corrected chi connectivity index (χ4v) is 1.83. The molecule has 0 aliphatic carbocycles. The molecule has 1 heterocycles. The van der Waals surface area contributed by atoms with Crippen molar-refractivity contribution in [1.82, 2.24) is 0 Å². The summed E-state index contributed by atoms with van der Waals surface area (Å²) in [7, 11) is 0. The lowest BCUT2D eigenvalue weighted by atomic mass is 10.1. The molecule has 0 aromatic heterocycles. The van der Waals surface area contributed by atoms with Crippen LogP contribution in [0.5, 0.6) is 5.75 Å². The van der Waals surface area contributed by atoms with Crippen LogP contribution in [0.4, 0.5) is 5.69 Å². The van der Waals surface area contributed by atoms with E-state index in [0.717, 1.165) is 5.56 Å². The molecule has 1 atom stereocenters. The fraction of sp³-hybridized carbons (Fsp3) is 0.333. The summed E-state index contributed by atoms with van der Waals surface area (Å²) >= 11 is 0. The van der Waals surface area contributed by atoms with Crippen LogP contribution in [0.1, 0.15) is 18.5 Å². The molecule has 0 saturated heterocycles. The number of fused-ring (bicyclic) bond motifs is 1. The molecule has 4 N–H and O–H groups in total. The molecule has 0 fully saturated rings. The number of nitrogens with two attached hydrogens (primary N) is 2. The summed E-state index contributed by atoms with van der Waals surface area (Å²) < 4.78 is 5.30. The van der Waals surface area contributed by atoms with Crippen molar-refractivity contribution in [2.75, 3.05) is 18.1 Å². The molecule has 96 valence electrons. The molecule has 6 heteroatoms. The summed E-state index contributed by atoms with van der Waals surface area (Å²) in [5, 5.41) is 0.